The Balaban J connectivity index is 2.14. The zero-order chi connectivity index (χ0) is 14.4. The van der Waals surface area contributed by atoms with Crippen LogP contribution in [0.5, 0.6) is 5.75 Å². The zero-order valence-electron chi connectivity index (χ0n) is 11.0. The molecule has 0 fully saturated rings. The molecule has 1 heterocycles. The average molecular weight is 290 g/mol. The highest BCUT2D eigenvalue weighted by atomic mass is 32.2. The molecule has 0 spiro atoms. The summed E-state index contributed by atoms with van der Waals surface area (Å²) in [5.74, 6) is 1.36. The summed E-state index contributed by atoms with van der Waals surface area (Å²) in [6.07, 6.45) is 0. The molecule has 7 nitrogen and oxygen atoms in total. The van der Waals surface area contributed by atoms with Crippen molar-refractivity contribution < 1.29 is 4.74 Å². The second kappa shape index (κ2) is 6.88. The normalized spacial score (nSPS) is 10.2. The first-order valence-corrected chi connectivity index (χ1v) is 6.93. The first-order valence-electron chi connectivity index (χ1n) is 5.94. The number of aromatic nitrogens is 4. The van der Waals surface area contributed by atoms with Crippen LogP contribution < -0.4 is 10.5 Å². The third-order valence-corrected chi connectivity index (χ3v) is 3.61. The number of thioether (sulfide) groups is 1. The predicted octanol–water partition coefficient (Wildman–Crippen LogP) is 0.804. The lowest BCUT2D eigenvalue weighted by atomic mass is 10.1. The fraction of sp³-hybridized carbons (Fsp3) is 0.333. The number of nitrogens with zero attached hydrogens (tertiary/aromatic N) is 5. The van der Waals surface area contributed by atoms with E-state index in [1.54, 1.807) is 23.9 Å². The largest absolute Gasteiger partial charge is 0.496 e. The predicted molar refractivity (Wildman–Crippen MR) is 74.1 cm³/mol. The molecule has 20 heavy (non-hydrogen) atoms. The Hall–Kier alpha value is -2.11. The molecule has 0 aliphatic carbocycles. The molecule has 0 saturated carbocycles. The second-order valence-corrected chi connectivity index (χ2v) is 4.84. The molecule has 2 N–H and O–H groups in total. The van der Waals surface area contributed by atoms with Crippen molar-refractivity contribution in [2.24, 2.45) is 5.73 Å². The molecule has 8 heteroatoms. The van der Waals surface area contributed by atoms with Gasteiger partial charge in [0.1, 0.15) is 5.75 Å². The van der Waals surface area contributed by atoms with Crippen molar-refractivity contribution in [1.29, 1.82) is 5.26 Å². The van der Waals surface area contributed by atoms with Gasteiger partial charge in [0, 0.05) is 17.9 Å². The Bertz CT molecular complexity index is 621. The lowest BCUT2D eigenvalue weighted by molar-refractivity contribution is 0.411. The van der Waals surface area contributed by atoms with E-state index in [2.05, 4.69) is 21.6 Å². The maximum Gasteiger partial charge on any atom is 0.209 e. The molecule has 1 aromatic heterocycles. The first kappa shape index (κ1) is 14.3. The van der Waals surface area contributed by atoms with Crippen molar-refractivity contribution in [3.05, 3.63) is 29.3 Å². The number of hydrogen-bond acceptors (Lipinski definition) is 7. The molecule has 1 aromatic carbocycles. The summed E-state index contributed by atoms with van der Waals surface area (Å²) in [4.78, 5) is 0. The van der Waals surface area contributed by atoms with E-state index in [-0.39, 0.29) is 0 Å². The monoisotopic (exact) mass is 290 g/mol. The number of hydrogen-bond donors (Lipinski definition) is 1. The Morgan fingerprint density at radius 2 is 2.35 bits per heavy atom. The molecular formula is C12H14N6OS. The van der Waals surface area contributed by atoms with Gasteiger partial charge in [-0.2, -0.15) is 5.26 Å². The molecular weight excluding hydrogens is 276 g/mol. The SMILES string of the molecule is COc1ccc(C#N)cc1CSc1nnnn1CCN. The van der Waals surface area contributed by atoms with E-state index in [0.717, 1.165) is 11.3 Å². The Kier molecular flexibility index (Phi) is 4.92. The van der Waals surface area contributed by atoms with E-state index in [0.29, 0.717) is 29.6 Å². The summed E-state index contributed by atoms with van der Waals surface area (Å²) >= 11 is 1.48. The minimum atomic E-state index is 0.478. The molecule has 0 amide bonds. The highest BCUT2D eigenvalue weighted by molar-refractivity contribution is 7.98. The molecule has 0 radical (unpaired) electrons. The number of ether oxygens (including phenoxy) is 1. The molecule has 0 saturated heterocycles. The maximum absolute atomic E-state index is 8.94. The van der Waals surface area contributed by atoms with Crippen LogP contribution in [0.1, 0.15) is 11.1 Å². The minimum absolute atomic E-state index is 0.478. The van der Waals surface area contributed by atoms with Gasteiger partial charge in [-0.3, -0.25) is 0 Å². The lowest BCUT2D eigenvalue weighted by Gasteiger charge is -2.08. The molecule has 0 unspecified atom stereocenters. The Labute approximate surface area is 120 Å². The van der Waals surface area contributed by atoms with Gasteiger partial charge in [0.15, 0.2) is 0 Å². The topological polar surface area (TPSA) is 103 Å². The molecule has 2 aromatic rings. The van der Waals surface area contributed by atoms with Crippen molar-refractivity contribution in [2.45, 2.75) is 17.5 Å². The second-order valence-electron chi connectivity index (χ2n) is 3.90. The fourth-order valence-electron chi connectivity index (χ4n) is 1.67. The quantitative estimate of drug-likeness (QED) is 0.785. The van der Waals surface area contributed by atoms with E-state index in [9.17, 15) is 0 Å². The van der Waals surface area contributed by atoms with Crippen LogP contribution >= 0.6 is 11.8 Å². The van der Waals surface area contributed by atoms with Crippen molar-refractivity contribution in [3.8, 4) is 11.8 Å². The fourth-order valence-corrected chi connectivity index (χ4v) is 2.55. The van der Waals surface area contributed by atoms with Crippen LogP contribution in [0.4, 0.5) is 0 Å². The third kappa shape index (κ3) is 3.26. The molecule has 2 rings (SSSR count). The number of tetrazole rings is 1. The summed E-state index contributed by atoms with van der Waals surface area (Å²) in [6, 6.07) is 7.44. The number of methoxy groups -OCH3 is 1. The lowest BCUT2D eigenvalue weighted by Crippen LogP contribution is -2.12. The smallest absolute Gasteiger partial charge is 0.209 e. The van der Waals surface area contributed by atoms with E-state index < -0.39 is 0 Å². The van der Waals surface area contributed by atoms with Crippen LogP contribution in [0.3, 0.4) is 0 Å². The number of benzene rings is 1. The van der Waals surface area contributed by atoms with Gasteiger partial charge in [-0.1, -0.05) is 11.8 Å². The molecule has 104 valence electrons. The molecule has 0 bridgehead atoms. The van der Waals surface area contributed by atoms with Crippen LogP contribution in [0.15, 0.2) is 23.4 Å². The van der Waals surface area contributed by atoms with Gasteiger partial charge < -0.3 is 10.5 Å². The van der Waals surface area contributed by atoms with Gasteiger partial charge in [0.25, 0.3) is 0 Å². The van der Waals surface area contributed by atoms with Gasteiger partial charge in [-0.05, 0) is 28.6 Å². The van der Waals surface area contributed by atoms with E-state index in [1.165, 1.54) is 11.8 Å². The third-order valence-electron chi connectivity index (χ3n) is 2.61. The van der Waals surface area contributed by atoms with Crippen molar-refractivity contribution in [2.75, 3.05) is 13.7 Å². The summed E-state index contributed by atoms with van der Waals surface area (Å²) in [7, 11) is 1.61. The van der Waals surface area contributed by atoms with Crippen LogP contribution in [0, 0.1) is 11.3 Å². The van der Waals surface area contributed by atoms with Crippen LogP contribution in [-0.4, -0.2) is 33.9 Å². The average Bonchev–Trinajstić information content (AvgIpc) is 2.92. The van der Waals surface area contributed by atoms with Gasteiger partial charge in [0.2, 0.25) is 5.16 Å². The standard InChI is InChI=1S/C12H14N6OS/c1-19-11-3-2-9(7-14)6-10(11)8-20-12-15-16-17-18(12)5-4-13/h2-3,6H,4-5,8,13H2,1H3. The van der Waals surface area contributed by atoms with Crippen molar-refractivity contribution in [3.63, 3.8) is 0 Å². The molecule has 0 atom stereocenters. The highest BCUT2D eigenvalue weighted by Gasteiger charge is 2.10. The zero-order valence-corrected chi connectivity index (χ0v) is 11.8. The van der Waals surface area contributed by atoms with E-state index in [4.69, 9.17) is 15.7 Å². The van der Waals surface area contributed by atoms with Gasteiger partial charge in [0.05, 0.1) is 25.3 Å². The summed E-state index contributed by atoms with van der Waals surface area (Å²) < 4.78 is 6.95. The van der Waals surface area contributed by atoms with E-state index >= 15 is 0 Å². The van der Waals surface area contributed by atoms with Crippen molar-refractivity contribution >= 4 is 11.8 Å². The minimum Gasteiger partial charge on any atom is -0.496 e. The Morgan fingerprint density at radius 1 is 1.50 bits per heavy atom. The summed E-state index contributed by atoms with van der Waals surface area (Å²) in [5.41, 5.74) is 7.03. The van der Waals surface area contributed by atoms with E-state index in [1.807, 2.05) is 6.07 Å². The van der Waals surface area contributed by atoms with Gasteiger partial charge >= 0.3 is 0 Å². The summed E-state index contributed by atoms with van der Waals surface area (Å²) in [6.45, 7) is 1.05. The number of rotatable bonds is 6. The van der Waals surface area contributed by atoms with Crippen LogP contribution in [0.2, 0.25) is 0 Å². The Morgan fingerprint density at radius 3 is 3.05 bits per heavy atom. The summed E-state index contributed by atoms with van der Waals surface area (Å²) in [5, 5.41) is 21.1. The van der Waals surface area contributed by atoms with Gasteiger partial charge in [-0.15, -0.1) is 5.10 Å². The number of nitrogens with two attached hydrogens (primary N) is 1. The van der Waals surface area contributed by atoms with Gasteiger partial charge in [-0.25, -0.2) is 4.68 Å². The molecule has 0 aliphatic rings. The highest BCUT2D eigenvalue weighted by Crippen LogP contribution is 2.27. The number of nitriles is 1. The maximum atomic E-state index is 8.94. The van der Waals surface area contributed by atoms with Crippen LogP contribution in [-0.2, 0) is 12.3 Å². The van der Waals surface area contributed by atoms with Crippen LogP contribution in [0.25, 0.3) is 0 Å². The molecule has 0 aliphatic heterocycles. The van der Waals surface area contributed by atoms with Crippen molar-refractivity contribution in [1.82, 2.24) is 20.2 Å². The first-order chi connectivity index (χ1) is 9.78.